The predicted octanol–water partition coefficient (Wildman–Crippen LogP) is 4.49. The van der Waals surface area contributed by atoms with E-state index in [0.29, 0.717) is 5.92 Å². The minimum atomic E-state index is 0.0331. The van der Waals surface area contributed by atoms with Crippen molar-refractivity contribution in [3.05, 3.63) is 71.8 Å². The number of likely N-dealkylation sites (tertiary alicyclic amines) is 1. The number of amides is 2. The van der Waals surface area contributed by atoms with E-state index in [4.69, 9.17) is 0 Å². The van der Waals surface area contributed by atoms with E-state index in [0.717, 1.165) is 44.3 Å². The number of hydrazone groups is 1. The normalized spacial score (nSPS) is 20.5. The molecule has 1 atom stereocenters. The van der Waals surface area contributed by atoms with Crippen LogP contribution in [0.5, 0.6) is 0 Å². The van der Waals surface area contributed by atoms with Gasteiger partial charge in [0.05, 0.1) is 6.04 Å². The van der Waals surface area contributed by atoms with E-state index in [-0.39, 0.29) is 12.1 Å². The maximum atomic E-state index is 13.0. The van der Waals surface area contributed by atoms with E-state index in [1.165, 1.54) is 5.56 Å². The number of rotatable bonds is 3. The summed E-state index contributed by atoms with van der Waals surface area (Å²) in [5, 5.41) is 6.05. The van der Waals surface area contributed by atoms with Crippen LogP contribution in [0, 0.1) is 5.92 Å². The molecule has 0 radical (unpaired) electrons. The van der Waals surface area contributed by atoms with Gasteiger partial charge in [0, 0.05) is 25.7 Å². The minimum absolute atomic E-state index is 0.0331. The topological polar surface area (TPSA) is 35.9 Å². The van der Waals surface area contributed by atoms with Gasteiger partial charge in [0.15, 0.2) is 0 Å². The third-order valence-electron chi connectivity index (χ3n) is 5.46. The van der Waals surface area contributed by atoms with Gasteiger partial charge in [-0.2, -0.15) is 5.10 Å². The molecule has 4 nitrogen and oxygen atoms in total. The summed E-state index contributed by atoms with van der Waals surface area (Å²) in [5.41, 5.74) is 2.54. The molecular weight excluding hydrogens is 322 g/mol. The number of hydrogen-bond donors (Lipinski definition) is 0. The molecule has 1 saturated heterocycles. The monoisotopic (exact) mass is 347 g/mol. The smallest absolute Gasteiger partial charge is 0.323 e. The van der Waals surface area contributed by atoms with Gasteiger partial charge in [0.2, 0.25) is 0 Å². The van der Waals surface area contributed by atoms with Crippen LogP contribution in [0.15, 0.2) is 65.8 Å². The number of carbonyl (C=O) groups is 1. The molecule has 4 rings (SSSR count). The average Bonchev–Trinajstić information content (AvgIpc) is 3.19. The molecule has 2 heterocycles. The van der Waals surface area contributed by atoms with E-state index in [1.54, 1.807) is 5.01 Å². The molecule has 4 heteroatoms. The Labute approximate surface area is 155 Å². The van der Waals surface area contributed by atoms with Gasteiger partial charge in [0.25, 0.3) is 0 Å². The highest BCUT2D eigenvalue weighted by atomic mass is 16.2. The number of benzene rings is 2. The summed E-state index contributed by atoms with van der Waals surface area (Å²) >= 11 is 0. The Morgan fingerprint density at radius 3 is 2.31 bits per heavy atom. The van der Waals surface area contributed by atoms with Crippen molar-refractivity contribution in [2.45, 2.75) is 31.7 Å². The standard InChI is InChI=1S/C22H25N3O/c26-22(25-21(11-14-23-25)20-9-5-2-6-10-20)24-15-12-19(13-16-24)17-18-7-3-1-4-8-18/h1-10,14,19,21H,11-13,15-17H2. The van der Waals surface area contributed by atoms with Crippen LogP contribution in [-0.2, 0) is 6.42 Å². The van der Waals surface area contributed by atoms with E-state index >= 15 is 0 Å². The van der Waals surface area contributed by atoms with Gasteiger partial charge in [-0.1, -0.05) is 60.7 Å². The molecule has 2 amide bonds. The Bertz CT molecular complexity index is 751. The molecule has 1 unspecified atom stereocenters. The Morgan fingerprint density at radius 2 is 1.62 bits per heavy atom. The number of carbonyl (C=O) groups excluding carboxylic acids is 1. The minimum Gasteiger partial charge on any atom is -0.323 e. The van der Waals surface area contributed by atoms with Crippen LogP contribution in [0.2, 0.25) is 0 Å². The van der Waals surface area contributed by atoms with E-state index in [2.05, 4.69) is 47.6 Å². The van der Waals surface area contributed by atoms with Gasteiger partial charge < -0.3 is 4.90 Å². The Balaban J connectivity index is 1.35. The van der Waals surface area contributed by atoms with E-state index < -0.39 is 0 Å². The van der Waals surface area contributed by atoms with Gasteiger partial charge >= 0.3 is 6.03 Å². The number of urea groups is 1. The van der Waals surface area contributed by atoms with Crippen LogP contribution < -0.4 is 0 Å². The largest absolute Gasteiger partial charge is 0.340 e. The van der Waals surface area contributed by atoms with Crippen LogP contribution >= 0.6 is 0 Å². The highest BCUT2D eigenvalue weighted by Gasteiger charge is 2.33. The highest BCUT2D eigenvalue weighted by molar-refractivity contribution is 5.78. The molecule has 2 aromatic carbocycles. The third kappa shape index (κ3) is 3.64. The molecule has 2 aromatic rings. The van der Waals surface area contributed by atoms with Crippen molar-refractivity contribution in [1.29, 1.82) is 0 Å². The van der Waals surface area contributed by atoms with Crippen LogP contribution in [-0.4, -0.2) is 35.2 Å². The summed E-state index contributed by atoms with van der Waals surface area (Å²) in [6, 6.07) is 20.9. The average molecular weight is 347 g/mol. The second-order valence-electron chi connectivity index (χ2n) is 7.21. The molecule has 2 aliphatic rings. The second-order valence-corrected chi connectivity index (χ2v) is 7.21. The van der Waals surface area contributed by atoms with Crippen LogP contribution in [0.4, 0.5) is 4.79 Å². The first-order valence-electron chi connectivity index (χ1n) is 9.51. The van der Waals surface area contributed by atoms with Crippen molar-refractivity contribution < 1.29 is 4.79 Å². The van der Waals surface area contributed by atoms with Gasteiger partial charge in [-0.25, -0.2) is 9.80 Å². The molecule has 0 spiro atoms. The summed E-state index contributed by atoms with van der Waals surface area (Å²) in [6.07, 6.45) is 5.89. The lowest BCUT2D eigenvalue weighted by Crippen LogP contribution is -2.45. The Hall–Kier alpha value is -2.62. The second kappa shape index (κ2) is 7.73. The van der Waals surface area contributed by atoms with Crippen molar-refractivity contribution in [3.63, 3.8) is 0 Å². The summed E-state index contributed by atoms with van der Waals surface area (Å²) in [6.45, 7) is 1.65. The molecule has 2 aliphatic heterocycles. The first-order chi connectivity index (χ1) is 12.8. The lowest BCUT2D eigenvalue weighted by atomic mass is 9.90. The molecule has 0 bridgehead atoms. The highest BCUT2D eigenvalue weighted by Crippen LogP contribution is 2.30. The summed E-state index contributed by atoms with van der Waals surface area (Å²) in [4.78, 5) is 15.0. The lowest BCUT2D eigenvalue weighted by Gasteiger charge is -2.35. The predicted molar refractivity (Wildman–Crippen MR) is 104 cm³/mol. The van der Waals surface area contributed by atoms with E-state index in [1.807, 2.05) is 29.3 Å². The van der Waals surface area contributed by atoms with Crippen molar-refractivity contribution in [2.24, 2.45) is 11.0 Å². The maximum absolute atomic E-state index is 13.0. The molecule has 0 N–H and O–H groups in total. The van der Waals surface area contributed by atoms with Gasteiger partial charge in [-0.3, -0.25) is 0 Å². The molecule has 0 aromatic heterocycles. The zero-order chi connectivity index (χ0) is 17.8. The number of nitrogens with zero attached hydrogens (tertiary/aromatic N) is 3. The molecule has 1 fully saturated rings. The number of piperidine rings is 1. The van der Waals surface area contributed by atoms with Crippen molar-refractivity contribution in [1.82, 2.24) is 9.91 Å². The fraction of sp³-hybridized carbons (Fsp3) is 0.364. The van der Waals surface area contributed by atoms with Gasteiger partial charge in [-0.05, 0) is 36.3 Å². The quantitative estimate of drug-likeness (QED) is 0.805. The lowest BCUT2D eigenvalue weighted by molar-refractivity contribution is 0.123. The van der Waals surface area contributed by atoms with Crippen molar-refractivity contribution in [3.8, 4) is 0 Å². The Morgan fingerprint density at radius 1 is 0.962 bits per heavy atom. The molecule has 0 aliphatic carbocycles. The zero-order valence-electron chi connectivity index (χ0n) is 15.0. The van der Waals surface area contributed by atoms with Crippen molar-refractivity contribution in [2.75, 3.05) is 13.1 Å². The summed E-state index contributed by atoms with van der Waals surface area (Å²) in [5.74, 6) is 0.661. The summed E-state index contributed by atoms with van der Waals surface area (Å²) < 4.78 is 0. The molecule has 26 heavy (non-hydrogen) atoms. The fourth-order valence-electron chi connectivity index (χ4n) is 3.97. The third-order valence-corrected chi connectivity index (χ3v) is 5.46. The molecular formula is C22H25N3O. The van der Waals surface area contributed by atoms with Crippen LogP contribution in [0.3, 0.4) is 0 Å². The van der Waals surface area contributed by atoms with Gasteiger partial charge in [0.1, 0.15) is 0 Å². The molecule has 0 saturated carbocycles. The fourth-order valence-corrected chi connectivity index (χ4v) is 3.97. The van der Waals surface area contributed by atoms with Crippen molar-refractivity contribution >= 4 is 12.2 Å². The van der Waals surface area contributed by atoms with E-state index in [9.17, 15) is 4.79 Å². The van der Waals surface area contributed by atoms with Crippen LogP contribution in [0.1, 0.15) is 36.4 Å². The van der Waals surface area contributed by atoms with Crippen LogP contribution in [0.25, 0.3) is 0 Å². The maximum Gasteiger partial charge on any atom is 0.340 e. The molecule has 134 valence electrons. The summed E-state index contributed by atoms with van der Waals surface area (Å²) in [7, 11) is 0. The number of hydrogen-bond acceptors (Lipinski definition) is 2. The first kappa shape index (κ1) is 16.8. The zero-order valence-corrected chi connectivity index (χ0v) is 15.0. The first-order valence-corrected chi connectivity index (χ1v) is 9.51. The Kier molecular flexibility index (Phi) is 5.00. The SMILES string of the molecule is O=C(N1CCC(Cc2ccccc2)CC1)N1N=CCC1c1ccccc1. The van der Waals surface area contributed by atoms with Gasteiger partial charge in [-0.15, -0.1) is 0 Å².